The fourth-order valence-electron chi connectivity index (χ4n) is 1.94. The van der Waals surface area contributed by atoms with Crippen molar-refractivity contribution in [2.75, 3.05) is 13.7 Å². The van der Waals surface area contributed by atoms with Crippen LogP contribution in [0.4, 0.5) is 0 Å². The fourth-order valence-corrected chi connectivity index (χ4v) is 2.32. The monoisotopic (exact) mass is 285 g/mol. The highest BCUT2D eigenvalue weighted by Crippen LogP contribution is 2.32. The number of methoxy groups -OCH3 is 1. The third-order valence-electron chi connectivity index (χ3n) is 2.67. The minimum atomic E-state index is 0.368. The van der Waals surface area contributed by atoms with E-state index in [0.717, 1.165) is 16.6 Å². The zero-order valence-electron chi connectivity index (χ0n) is 10.2. The average molecular weight is 286 g/mol. The van der Waals surface area contributed by atoms with Crippen molar-refractivity contribution >= 4 is 15.9 Å². The van der Waals surface area contributed by atoms with Crippen LogP contribution in [-0.4, -0.2) is 13.7 Å². The van der Waals surface area contributed by atoms with E-state index in [2.05, 4.69) is 35.8 Å². The van der Waals surface area contributed by atoms with E-state index in [1.807, 2.05) is 12.1 Å². The van der Waals surface area contributed by atoms with Gasteiger partial charge in [-0.2, -0.15) is 0 Å². The molecule has 0 radical (unpaired) electrons. The van der Waals surface area contributed by atoms with Crippen molar-refractivity contribution in [2.24, 2.45) is 11.7 Å². The Balaban J connectivity index is 3.02. The Bertz CT molecular complexity index is 339. The molecule has 16 heavy (non-hydrogen) atoms. The van der Waals surface area contributed by atoms with Crippen LogP contribution in [0.2, 0.25) is 0 Å². The maximum atomic E-state index is 5.86. The van der Waals surface area contributed by atoms with Crippen LogP contribution in [0.25, 0.3) is 0 Å². The second-order valence-electron chi connectivity index (χ2n) is 4.45. The Morgan fingerprint density at radius 3 is 2.56 bits per heavy atom. The number of rotatable bonds is 5. The Morgan fingerprint density at radius 2 is 2.06 bits per heavy atom. The molecule has 0 aliphatic carbocycles. The highest BCUT2D eigenvalue weighted by Gasteiger charge is 2.16. The van der Waals surface area contributed by atoms with E-state index in [0.29, 0.717) is 18.4 Å². The SMILES string of the molecule is COc1ccc(Br)cc1C(CN)CC(C)C. The molecule has 0 aromatic heterocycles. The smallest absolute Gasteiger partial charge is 0.122 e. The average Bonchev–Trinajstić information content (AvgIpc) is 2.25. The van der Waals surface area contributed by atoms with Gasteiger partial charge in [0, 0.05) is 10.4 Å². The zero-order valence-corrected chi connectivity index (χ0v) is 11.8. The molecule has 0 saturated carbocycles. The molecule has 1 aromatic rings. The molecule has 1 aromatic carbocycles. The Morgan fingerprint density at radius 1 is 1.38 bits per heavy atom. The van der Waals surface area contributed by atoms with E-state index >= 15 is 0 Å². The molecule has 0 heterocycles. The minimum Gasteiger partial charge on any atom is -0.496 e. The molecule has 1 atom stereocenters. The fraction of sp³-hybridized carbons (Fsp3) is 0.538. The summed E-state index contributed by atoms with van der Waals surface area (Å²) < 4.78 is 6.46. The summed E-state index contributed by atoms with van der Waals surface area (Å²) in [7, 11) is 1.70. The Hall–Kier alpha value is -0.540. The molecular weight excluding hydrogens is 266 g/mol. The molecule has 0 amide bonds. The van der Waals surface area contributed by atoms with Gasteiger partial charge in [0.05, 0.1) is 7.11 Å². The first-order chi connectivity index (χ1) is 7.58. The molecule has 1 rings (SSSR count). The standard InChI is InChI=1S/C13H20BrNO/c1-9(2)6-10(8-15)12-7-11(14)4-5-13(12)16-3/h4-5,7,9-10H,6,8,15H2,1-3H3. The molecule has 2 N–H and O–H groups in total. The Kier molecular flexibility index (Phi) is 5.29. The summed E-state index contributed by atoms with van der Waals surface area (Å²) in [4.78, 5) is 0. The summed E-state index contributed by atoms with van der Waals surface area (Å²) in [6.07, 6.45) is 1.09. The summed E-state index contributed by atoms with van der Waals surface area (Å²) in [6, 6.07) is 6.09. The lowest BCUT2D eigenvalue weighted by molar-refractivity contribution is 0.399. The molecule has 3 heteroatoms. The molecule has 90 valence electrons. The summed E-state index contributed by atoms with van der Waals surface area (Å²) >= 11 is 3.49. The molecule has 0 spiro atoms. The van der Waals surface area contributed by atoms with Gasteiger partial charge in [-0.05, 0) is 42.6 Å². The number of hydrogen-bond donors (Lipinski definition) is 1. The van der Waals surface area contributed by atoms with Gasteiger partial charge in [-0.15, -0.1) is 0 Å². The molecule has 1 unspecified atom stereocenters. The molecule has 0 bridgehead atoms. The predicted molar refractivity (Wildman–Crippen MR) is 71.9 cm³/mol. The number of benzene rings is 1. The number of ether oxygens (including phenoxy) is 1. The zero-order chi connectivity index (χ0) is 12.1. The quantitative estimate of drug-likeness (QED) is 0.898. The van der Waals surface area contributed by atoms with Gasteiger partial charge < -0.3 is 10.5 Å². The topological polar surface area (TPSA) is 35.2 Å². The van der Waals surface area contributed by atoms with Crippen LogP contribution >= 0.6 is 15.9 Å². The van der Waals surface area contributed by atoms with Crippen molar-refractivity contribution in [3.05, 3.63) is 28.2 Å². The molecule has 0 aliphatic rings. The van der Waals surface area contributed by atoms with E-state index in [-0.39, 0.29) is 0 Å². The highest BCUT2D eigenvalue weighted by molar-refractivity contribution is 9.10. The van der Waals surface area contributed by atoms with Gasteiger partial charge in [0.15, 0.2) is 0 Å². The Labute approximate surface area is 106 Å². The third kappa shape index (κ3) is 3.49. The largest absolute Gasteiger partial charge is 0.496 e. The van der Waals surface area contributed by atoms with Gasteiger partial charge in [-0.1, -0.05) is 29.8 Å². The maximum Gasteiger partial charge on any atom is 0.122 e. The van der Waals surface area contributed by atoms with Crippen molar-refractivity contribution in [1.29, 1.82) is 0 Å². The molecule has 0 fully saturated rings. The lowest BCUT2D eigenvalue weighted by Crippen LogP contribution is -2.15. The van der Waals surface area contributed by atoms with Crippen molar-refractivity contribution in [1.82, 2.24) is 0 Å². The highest BCUT2D eigenvalue weighted by atomic mass is 79.9. The third-order valence-corrected chi connectivity index (χ3v) is 3.17. The van der Waals surface area contributed by atoms with Crippen LogP contribution in [-0.2, 0) is 0 Å². The number of hydrogen-bond acceptors (Lipinski definition) is 2. The van der Waals surface area contributed by atoms with Crippen LogP contribution in [0.5, 0.6) is 5.75 Å². The van der Waals surface area contributed by atoms with E-state index in [9.17, 15) is 0 Å². The van der Waals surface area contributed by atoms with Crippen molar-refractivity contribution in [2.45, 2.75) is 26.2 Å². The van der Waals surface area contributed by atoms with Crippen LogP contribution in [0.1, 0.15) is 31.7 Å². The van der Waals surface area contributed by atoms with E-state index in [1.165, 1.54) is 5.56 Å². The van der Waals surface area contributed by atoms with Crippen LogP contribution in [0, 0.1) is 5.92 Å². The normalized spacial score (nSPS) is 12.9. The molecular formula is C13H20BrNO. The van der Waals surface area contributed by atoms with Crippen LogP contribution in [0.15, 0.2) is 22.7 Å². The molecule has 0 saturated heterocycles. The van der Waals surface area contributed by atoms with Crippen molar-refractivity contribution in [3.63, 3.8) is 0 Å². The summed E-state index contributed by atoms with van der Waals surface area (Å²) in [6.45, 7) is 5.09. The van der Waals surface area contributed by atoms with Gasteiger partial charge in [0.25, 0.3) is 0 Å². The van der Waals surface area contributed by atoms with Gasteiger partial charge >= 0.3 is 0 Å². The summed E-state index contributed by atoms with van der Waals surface area (Å²) in [5.74, 6) is 1.93. The van der Waals surface area contributed by atoms with Crippen molar-refractivity contribution in [3.8, 4) is 5.75 Å². The lowest BCUT2D eigenvalue weighted by atomic mass is 9.90. The second kappa shape index (κ2) is 6.26. The maximum absolute atomic E-state index is 5.86. The first kappa shape index (κ1) is 13.5. The summed E-state index contributed by atoms with van der Waals surface area (Å²) in [5.41, 5.74) is 7.06. The lowest BCUT2D eigenvalue weighted by Gasteiger charge is -2.20. The summed E-state index contributed by atoms with van der Waals surface area (Å²) in [5, 5.41) is 0. The van der Waals surface area contributed by atoms with Crippen molar-refractivity contribution < 1.29 is 4.74 Å². The number of nitrogens with two attached hydrogens (primary N) is 1. The first-order valence-corrected chi connectivity index (χ1v) is 6.41. The van der Waals surface area contributed by atoms with E-state index in [4.69, 9.17) is 10.5 Å². The first-order valence-electron chi connectivity index (χ1n) is 5.62. The second-order valence-corrected chi connectivity index (χ2v) is 5.36. The van der Waals surface area contributed by atoms with Gasteiger partial charge in [-0.25, -0.2) is 0 Å². The van der Waals surface area contributed by atoms with Gasteiger partial charge in [0.2, 0.25) is 0 Å². The van der Waals surface area contributed by atoms with E-state index in [1.54, 1.807) is 7.11 Å². The number of halogens is 1. The van der Waals surface area contributed by atoms with Gasteiger partial charge in [0.1, 0.15) is 5.75 Å². The minimum absolute atomic E-state index is 0.368. The van der Waals surface area contributed by atoms with E-state index < -0.39 is 0 Å². The van der Waals surface area contributed by atoms with Crippen LogP contribution in [0.3, 0.4) is 0 Å². The molecule has 0 aliphatic heterocycles. The van der Waals surface area contributed by atoms with Crippen LogP contribution < -0.4 is 10.5 Å². The van der Waals surface area contributed by atoms with Gasteiger partial charge in [-0.3, -0.25) is 0 Å². The predicted octanol–water partition coefficient (Wildman–Crippen LogP) is 3.55. The molecule has 2 nitrogen and oxygen atoms in total.